The molecule has 2 aliphatic carbocycles. The summed E-state index contributed by atoms with van der Waals surface area (Å²) >= 11 is 0. The lowest BCUT2D eigenvalue weighted by atomic mass is 9.55. The molecule has 0 amide bonds. The fourth-order valence-electron chi connectivity index (χ4n) is 4.49. The Balaban J connectivity index is 1.85. The maximum absolute atomic E-state index is 11.7. The van der Waals surface area contributed by atoms with Gasteiger partial charge in [0, 0.05) is 5.92 Å². The first kappa shape index (κ1) is 12.4. The van der Waals surface area contributed by atoms with Crippen molar-refractivity contribution in [3.05, 3.63) is 0 Å². The summed E-state index contributed by atoms with van der Waals surface area (Å²) in [7, 11) is 0. The van der Waals surface area contributed by atoms with Gasteiger partial charge in [-0.1, -0.05) is 13.3 Å². The third-order valence-electron chi connectivity index (χ3n) is 5.56. The molecule has 0 radical (unpaired) electrons. The smallest absolute Gasteiger partial charge is 0.311 e. The SMILES string of the molecule is C[C@]12CCC[C@H](O)[C@@H]1C[C@@H]1C(CO)C(=O)O[C@@H]1C2. The van der Waals surface area contributed by atoms with Gasteiger partial charge < -0.3 is 14.9 Å². The zero-order valence-electron chi connectivity index (χ0n) is 10.8. The van der Waals surface area contributed by atoms with Crippen molar-refractivity contribution in [2.45, 2.75) is 51.2 Å². The molecule has 4 nitrogen and oxygen atoms in total. The quantitative estimate of drug-likeness (QED) is 0.688. The number of rotatable bonds is 1. The molecule has 0 bridgehead atoms. The average Bonchev–Trinajstić information content (AvgIpc) is 2.60. The lowest BCUT2D eigenvalue weighted by molar-refractivity contribution is -0.148. The van der Waals surface area contributed by atoms with Crippen molar-refractivity contribution >= 4 is 5.97 Å². The van der Waals surface area contributed by atoms with Crippen LogP contribution in [0, 0.1) is 23.2 Å². The molecule has 3 rings (SSSR count). The van der Waals surface area contributed by atoms with E-state index in [9.17, 15) is 15.0 Å². The van der Waals surface area contributed by atoms with Crippen LogP contribution in [-0.4, -0.2) is 35.0 Å². The van der Waals surface area contributed by atoms with Gasteiger partial charge in [0.1, 0.15) is 6.10 Å². The summed E-state index contributed by atoms with van der Waals surface area (Å²) in [5, 5.41) is 19.6. The maximum Gasteiger partial charge on any atom is 0.311 e. The summed E-state index contributed by atoms with van der Waals surface area (Å²) < 4.78 is 5.44. The largest absolute Gasteiger partial charge is 0.462 e. The van der Waals surface area contributed by atoms with Crippen molar-refractivity contribution in [3.8, 4) is 0 Å². The molecule has 18 heavy (non-hydrogen) atoms. The molecule has 102 valence electrons. The Labute approximate surface area is 107 Å². The molecular weight excluding hydrogens is 232 g/mol. The molecule has 1 aliphatic heterocycles. The molecule has 0 aromatic heterocycles. The van der Waals surface area contributed by atoms with E-state index in [1.54, 1.807) is 0 Å². The van der Waals surface area contributed by atoms with Crippen LogP contribution in [0.4, 0.5) is 0 Å². The first-order valence-corrected chi connectivity index (χ1v) is 7.04. The Morgan fingerprint density at radius 1 is 1.50 bits per heavy atom. The van der Waals surface area contributed by atoms with E-state index in [-0.39, 0.29) is 48.0 Å². The van der Waals surface area contributed by atoms with Crippen LogP contribution in [0.3, 0.4) is 0 Å². The highest BCUT2D eigenvalue weighted by Crippen LogP contribution is 2.55. The van der Waals surface area contributed by atoms with E-state index in [1.165, 1.54) is 0 Å². The van der Waals surface area contributed by atoms with Gasteiger partial charge in [0.05, 0.1) is 18.6 Å². The van der Waals surface area contributed by atoms with Gasteiger partial charge in [-0.05, 0) is 37.0 Å². The first-order valence-electron chi connectivity index (χ1n) is 7.04. The standard InChI is InChI=1S/C14H22O4/c1-14-4-2-3-11(16)10(14)5-8-9(7-15)13(17)18-12(8)6-14/h8-12,15-16H,2-7H2,1H3/t8-,9?,10+,11+,12-,14-/m1/s1. The Hall–Kier alpha value is -0.610. The highest BCUT2D eigenvalue weighted by atomic mass is 16.6. The fraction of sp³-hybridized carbons (Fsp3) is 0.929. The van der Waals surface area contributed by atoms with E-state index in [2.05, 4.69) is 6.92 Å². The summed E-state index contributed by atoms with van der Waals surface area (Å²) in [6.07, 6.45) is 4.42. The van der Waals surface area contributed by atoms with Gasteiger partial charge in [-0.2, -0.15) is 0 Å². The van der Waals surface area contributed by atoms with Crippen molar-refractivity contribution in [3.63, 3.8) is 0 Å². The third-order valence-corrected chi connectivity index (χ3v) is 5.56. The first-order chi connectivity index (χ1) is 8.55. The molecule has 6 atom stereocenters. The van der Waals surface area contributed by atoms with E-state index in [0.717, 1.165) is 32.1 Å². The van der Waals surface area contributed by atoms with Crippen LogP contribution < -0.4 is 0 Å². The highest BCUT2D eigenvalue weighted by molar-refractivity contribution is 5.75. The third kappa shape index (κ3) is 1.69. The molecule has 2 N–H and O–H groups in total. The Bertz CT molecular complexity index is 356. The molecular formula is C14H22O4. The van der Waals surface area contributed by atoms with Gasteiger partial charge in [-0.3, -0.25) is 4.79 Å². The second kappa shape index (κ2) is 4.20. The van der Waals surface area contributed by atoms with Crippen LogP contribution in [0.15, 0.2) is 0 Å². The van der Waals surface area contributed by atoms with Crippen LogP contribution in [0.25, 0.3) is 0 Å². The second-order valence-corrected chi connectivity index (χ2v) is 6.59. The minimum atomic E-state index is -0.367. The molecule has 3 aliphatic rings. The van der Waals surface area contributed by atoms with Crippen molar-refractivity contribution in [2.75, 3.05) is 6.61 Å². The van der Waals surface area contributed by atoms with Crippen molar-refractivity contribution in [2.24, 2.45) is 23.2 Å². The summed E-state index contributed by atoms with van der Waals surface area (Å²) in [6.45, 7) is 2.09. The fourth-order valence-corrected chi connectivity index (χ4v) is 4.49. The van der Waals surface area contributed by atoms with Crippen molar-refractivity contribution in [1.29, 1.82) is 0 Å². The van der Waals surface area contributed by atoms with Crippen LogP contribution in [0.5, 0.6) is 0 Å². The number of esters is 1. The van der Waals surface area contributed by atoms with Crippen molar-refractivity contribution in [1.82, 2.24) is 0 Å². The Kier molecular flexibility index (Phi) is 2.90. The Morgan fingerprint density at radius 3 is 3.00 bits per heavy atom. The average molecular weight is 254 g/mol. The summed E-state index contributed by atoms with van der Waals surface area (Å²) in [5.74, 6) is -0.248. The Morgan fingerprint density at radius 2 is 2.28 bits per heavy atom. The molecule has 0 spiro atoms. The number of fused-ring (bicyclic) bond motifs is 2. The zero-order valence-corrected chi connectivity index (χ0v) is 10.8. The highest BCUT2D eigenvalue weighted by Gasteiger charge is 2.55. The maximum atomic E-state index is 11.7. The lowest BCUT2D eigenvalue weighted by Gasteiger charge is -2.50. The number of aliphatic hydroxyl groups is 2. The van der Waals surface area contributed by atoms with Crippen LogP contribution in [0.2, 0.25) is 0 Å². The van der Waals surface area contributed by atoms with E-state index in [0.29, 0.717) is 0 Å². The number of hydrogen-bond acceptors (Lipinski definition) is 4. The van der Waals surface area contributed by atoms with Crippen LogP contribution in [-0.2, 0) is 9.53 Å². The van der Waals surface area contributed by atoms with Crippen LogP contribution in [0.1, 0.15) is 39.0 Å². The van der Waals surface area contributed by atoms with E-state index in [4.69, 9.17) is 4.74 Å². The second-order valence-electron chi connectivity index (χ2n) is 6.59. The van der Waals surface area contributed by atoms with Gasteiger partial charge in [0.25, 0.3) is 0 Å². The monoisotopic (exact) mass is 254 g/mol. The number of ether oxygens (including phenoxy) is 1. The molecule has 1 saturated heterocycles. The zero-order chi connectivity index (χ0) is 12.9. The van der Waals surface area contributed by atoms with Gasteiger partial charge in [0.2, 0.25) is 0 Å². The minimum absolute atomic E-state index is 0.0406. The number of carbonyl (C=O) groups is 1. The summed E-state index contributed by atoms with van der Waals surface area (Å²) in [6, 6.07) is 0. The summed E-state index contributed by atoms with van der Waals surface area (Å²) in [4.78, 5) is 11.7. The molecule has 3 fully saturated rings. The van der Waals surface area contributed by atoms with Gasteiger partial charge >= 0.3 is 5.97 Å². The normalized spacial score (nSPS) is 51.5. The minimum Gasteiger partial charge on any atom is -0.462 e. The molecule has 0 aromatic rings. The lowest BCUT2D eigenvalue weighted by Crippen LogP contribution is -2.49. The molecule has 1 heterocycles. The van der Waals surface area contributed by atoms with Crippen LogP contribution >= 0.6 is 0 Å². The predicted molar refractivity (Wildman–Crippen MR) is 64.6 cm³/mol. The number of carbonyl (C=O) groups excluding carboxylic acids is 1. The van der Waals surface area contributed by atoms with Crippen molar-refractivity contribution < 1.29 is 19.7 Å². The molecule has 1 unspecified atom stereocenters. The van der Waals surface area contributed by atoms with E-state index in [1.807, 2.05) is 0 Å². The molecule has 4 heteroatoms. The van der Waals surface area contributed by atoms with Gasteiger partial charge in [0.15, 0.2) is 0 Å². The number of hydrogen-bond donors (Lipinski definition) is 2. The van der Waals surface area contributed by atoms with Gasteiger partial charge in [-0.25, -0.2) is 0 Å². The number of aliphatic hydroxyl groups excluding tert-OH is 2. The predicted octanol–water partition coefficient (Wildman–Crippen LogP) is 1.10. The molecule has 2 saturated carbocycles. The van der Waals surface area contributed by atoms with E-state index < -0.39 is 0 Å². The van der Waals surface area contributed by atoms with E-state index >= 15 is 0 Å². The topological polar surface area (TPSA) is 66.8 Å². The van der Waals surface area contributed by atoms with Gasteiger partial charge in [-0.15, -0.1) is 0 Å². The molecule has 0 aromatic carbocycles. The summed E-state index contributed by atoms with van der Waals surface area (Å²) in [5.41, 5.74) is 0.101.